The lowest BCUT2D eigenvalue weighted by atomic mass is 10.1. The Kier molecular flexibility index (Phi) is 4.20. The van der Waals surface area contributed by atoms with Gasteiger partial charge < -0.3 is 15.2 Å². The second-order valence-corrected chi connectivity index (χ2v) is 5.61. The average molecular weight is 299 g/mol. The molecule has 1 atom stereocenters. The van der Waals surface area contributed by atoms with Crippen LogP contribution in [0, 0.1) is 0 Å². The number of carbonyl (C=O) groups excluding carboxylic acids is 1. The molecule has 0 spiro atoms. The summed E-state index contributed by atoms with van der Waals surface area (Å²) in [4.78, 5) is 14.5. The summed E-state index contributed by atoms with van der Waals surface area (Å²) in [5.41, 5.74) is 6.83. The molecule has 3 rings (SSSR count). The van der Waals surface area contributed by atoms with E-state index in [0.717, 1.165) is 18.1 Å². The monoisotopic (exact) mass is 299 g/mol. The van der Waals surface area contributed by atoms with E-state index < -0.39 is 0 Å². The molecule has 1 amide bonds. The summed E-state index contributed by atoms with van der Waals surface area (Å²) in [6, 6.07) is 9.95. The maximum absolute atomic E-state index is 12.6. The predicted octanol–water partition coefficient (Wildman–Crippen LogP) is 0.925. The van der Waals surface area contributed by atoms with E-state index in [2.05, 4.69) is 22.3 Å². The Labute approximate surface area is 129 Å². The fraction of sp³-hybridized carbons (Fsp3) is 0.438. The number of rotatable bonds is 5. The van der Waals surface area contributed by atoms with Gasteiger partial charge in [-0.1, -0.05) is 30.3 Å². The van der Waals surface area contributed by atoms with Crippen LogP contribution in [0.2, 0.25) is 0 Å². The number of hydrogen-bond donors (Lipinski definition) is 1. The first-order chi connectivity index (χ1) is 10.7. The van der Waals surface area contributed by atoms with Crippen LogP contribution in [0.3, 0.4) is 0 Å². The van der Waals surface area contributed by atoms with Crippen molar-refractivity contribution >= 4 is 5.91 Å². The number of nitrogens with zero attached hydrogens (tertiary/aromatic N) is 4. The van der Waals surface area contributed by atoms with E-state index in [4.69, 9.17) is 5.73 Å². The quantitative estimate of drug-likeness (QED) is 0.891. The summed E-state index contributed by atoms with van der Waals surface area (Å²) in [6.07, 6.45) is 1.50. The van der Waals surface area contributed by atoms with Crippen LogP contribution in [0.15, 0.2) is 30.3 Å². The Bertz CT molecular complexity index is 652. The first-order valence-corrected chi connectivity index (χ1v) is 7.66. The normalized spacial score (nSPS) is 17.6. The molecule has 1 aliphatic heterocycles. The van der Waals surface area contributed by atoms with Gasteiger partial charge in [0.05, 0.1) is 6.54 Å². The van der Waals surface area contributed by atoms with Crippen molar-refractivity contribution in [2.45, 2.75) is 32.4 Å². The van der Waals surface area contributed by atoms with Crippen LogP contribution in [-0.2, 0) is 24.2 Å². The van der Waals surface area contributed by atoms with Crippen molar-refractivity contribution in [2.24, 2.45) is 5.73 Å². The minimum Gasteiger partial charge on any atom is -0.333 e. The molecule has 6 heteroatoms. The molecule has 0 aliphatic carbocycles. The lowest BCUT2D eigenvalue weighted by molar-refractivity contribution is -0.137. The number of hydrogen-bond acceptors (Lipinski definition) is 4. The van der Waals surface area contributed by atoms with E-state index >= 15 is 0 Å². The zero-order chi connectivity index (χ0) is 15.5. The van der Waals surface area contributed by atoms with Gasteiger partial charge in [0.25, 0.3) is 0 Å². The topological polar surface area (TPSA) is 77.0 Å². The first-order valence-electron chi connectivity index (χ1n) is 7.66. The van der Waals surface area contributed by atoms with E-state index in [-0.39, 0.29) is 11.9 Å². The smallest absolute Gasteiger partial charge is 0.245 e. The van der Waals surface area contributed by atoms with Gasteiger partial charge in [0.15, 0.2) is 5.82 Å². The Morgan fingerprint density at radius 1 is 1.23 bits per heavy atom. The van der Waals surface area contributed by atoms with Gasteiger partial charge in [0, 0.05) is 13.0 Å². The number of fused-ring (bicyclic) bond motifs is 1. The van der Waals surface area contributed by atoms with Gasteiger partial charge in [-0.25, -0.2) is 0 Å². The standard InChI is InChI=1S/C16H21N5O/c1-12-16(22)20(10-8-13-5-3-2-4-6-13)11-15-19-18-14(7-9-17)21(12)15/h2-6,12H,7-11,17H2,1H3/t12-/m0/s1. The van der Waals surface area contributed by atoms with Gasteiger partial charge in [-0.15, -0.1) is 10.2 Å². The van der Waals surface area contributed by atoms with Crippen LogP contribution in [0.4, 0.5) is 0 Å². The minimum absolute atomic E-state index is 0.126. The average Bonchev–Trinajstić information content (AvgIpc) is 2.94. The fourth-order valence-corrected chi connectivity index (χ4v) is 2.94. The van der Waals surface area contributed by atoms with Gasteiger partial charge in [-0.3, -0.25) is 4.79 Å². The first kappa shape index (κ1) is 14.7. The molecule has 2 aromatic rings. The molecule has 2 heterocycles. The maximum Gasteiger partial charge on any atom is 0.245 e. The van der Waals surface area contributed by atoms with Gasteiger partial charge >= 0.3 is 0 Å². The molecule has 116 valence electrons. The van der Waals surface area contributed by atoms with Gasteiger partial charge in [0.2, 0.25) is 5.91 Å². The molecule has 0 saturated heterocycles. The molecule has 0 fully saturated rings. The van der Waals surface area contributed by atoms with Crippen molar-refractivity contribution in [3.63, 3.8) is 0 Å². The van der Waals surface area contributed by atoms with Crippen LogP contribution < -0.4 is 5.73 Å². The molecule has 0 saturated carbocycles. The van der Waals surface area contributed by atoms with Crippen molar-refractivity contribution < 1.29 is 4.79 Å². The lowest BCUT2D eigenvalue weighted by Crippen LogP contribution is -2.43. The zero-order valence-electron chi connectivity index (χ0n) is 12.8. The number of carbonyl (C=O) groups is 1. The molecule has 1 aromatic carbocycles. The highest BCUT2D eigenvalue weighted by Gasteiger charge is 2.32. The summed E-state index contributed by atoms with van der Waals surface area (Å²) in [5.74, 6) is 1.78. The van der Waals surface area contributed by atoms with Crippen LogP contribution in [0.1, 0.15) is 30.2 Å². The lowest BCUT2D eigenvalue weighted by Gasteiger charge is -2.32. The van der Waals surface area contributed by atoms with Crippen LogP contribution in [0.25, 0.3) is 0 Å². The van der Waals surface area contributed by atoms with Crippen molar-refractivity contribution in [1.29, 1.82) is 0 Å². The molecule has 0 unspecified atom stereocenters. The zero-order valence-corrected chi connectivity index (χ0v) is 12.8. The Morgan fingerprint density at radius 2 is 2.00 bits per heavy atom. The van der Waals surface area contributed by atoms with Crippen LogP contribution >= 0.6 is 0 Å². The second-order valence-electron chi connectivity index (χ2n) is 5.61. The third-order valence-electron chi connectivity index (χ3n) is 4.11. The Morgan fingerprint density at radius 3 is 2.73 bits per heavy atom. The molecule has 1 aromatic heterocycles. The molecule has 1 aliphatic rings. The third-order valence-corrected chi connectivity index (χ3v) is 4.11. The number of amides is 1. The van der Waals surface area contributed by atoms with Crippen LogP contribution in [0.5, 0.6) is 0 Å². The molecule has 0 bridgehead atoms. The highest BCUT2D eigenvalue weighted by molar-refractivity contribution is 5.81. The van der Waals surface area contributed by atoms with Gasteiger partial charge in [-0.05, 0) is 25.5 Å². The predicted molar refractivity (Wildman–Crippen MR) is 83.1 cm³/mol. The number of aromatic nitrogens is 3. The van der Waals surface area contributed by atoms with Crippen molar-refractivity contribution in [2.75, 3.05) is 13.1 Å². The van der Waals surface area contributed by atoms with E-state index in [0.29, 0.717) is 26.1 Å². The fourth-order valence-electron chi connectivity index (χ4n) is 2.94. The number of nitrogens with two attached hydrogens (primary N) is 1. The van der Waals surface area contributed by atoms with E-state index in [1.165, 1.54) is 5.56 Å². The summed E-state index contributed by atoms with van der Waals surface area (Å²) in [6.45, 7) is 3.64. The number of benzene rings is 1. The second kappa shape index (κ2) is 6.27. The molecular weight excluding hydrogens is 278 g/mol. The van der Waals surface area contributed by atoms with E-state index in [9.17, 15) is 4.79 Å². The SMILES string of the molecule is C[C@H]1C(=O)N(CCc2ccccc2)Cc2nnc(CCN)n21. The minimum atomic E-state index is -0.254. The highest BCUT2D eigenvalue weighted by atomic mass is 16.2. The highest BCUT2D eigenvalue weighted by Crippen LogP contribution is 2.23. The molecule has 6 nitrogen and oxygen atoms in total. The van der Waals surface area contributed by atoms with E-state index in [1.807, 2.05) is 34.6 Å². The Hall–Kier alpha value is -2.21. The van der Waals surface area contributed by atoms with Gasteiger partial charge in [0.1, 0.15) is 11.9 Å². The maximum atomic E-state index is 12.6. The summed E-state index contributed by atoms with van der Waals surface area (Å²) in [7, 11) is 0. The Balaban J connectivity index is 1.74. The van der Waals surface area contributed by atoms with Crippen molar-refractivity contribution in [1.82, 2.24) is 19.7 Å². The van der Waals surface area contributed by atoms with Gasteiger partial charge in [-0.2, -0.15) is 0 Å². The molecule has 0 radical (unpaired) electrons. The van der Waals surface area contributed by atoms with E-state index in [1.54, 1.807) is 0 Å². The largest absolute Gasteiger partial charge is 0.333 e. The summed E-state index contributed by atoms with van der Waals surface area (Å²) < 4.78 is 1.94. The van der Waals surface area contributed by atoms with Crippen LogP contribution in [-0.4, -0.2) is 38.7 Å². The summed E-state index contributed by atoms with van der Waals surface area (Å²) in [5, 5.41) is 8.41. The molecule has 22 heavy (non-hydrogen) atoms. The molecule has 2 N–H and O–H groups in total. The van der Waals surface area contributed by atoms with Crippen molar-refractivity contribution in [3.8, 4) is 0 Å². The van der Waals surface area contributed by atoms with Crippen molar-refractivity contribution in [3.05, 3.63) is 47.5 Å². The summed E-state index contributed by atoms with van der Waals surface area (Å²) >= 11 is 0. The third kappa shape index (κ3) is 2.74. The molecular formula is C16H21N5O.